The van der Waals surface area contributed by atoms with E-state index in [0.29, 0.717) is 10.6 Å². The molecular formula is C14H13BrClNOS. The highest BCUT2D eigenvalue weighted by Crippen LogP contribution is 2.27. The fourth-order valence-electron chi connectivity index (χ4n) is 1.78. The Morgan fingerprint density at radius 2 is 2.21 bits per heavy atom. The molecule has 0 aliphatic heterocycles. The van der Waals surface area contributed by atoms with Gasteiger partial charge in [0.05, 0.1) is 16.6 Å². The van der Waals surface area contributed by atoms with Gasteiger partial charge in [-0.1, -0.05) is 30.7 Å². The molecule has 5 heteroatoms. The van der Waals surface area contributed by atoms with Crippen molar-refractivity contribution in [2.45, 2.75) is 19.4 Å². The molecule has 1 N–H and O–H groups in total. The van der Waals surface area contributed by atoms with Crippen molar-refractivity contribution in [1.29, 1.82) is 0 Å². The molecule has 2 rings (SSSR count). The summed E-state index contributed by atoms with van der Waals surface area (Å²) in [5.41, 5.74) is 0.492. The Balaban J connectivity index is 2.18. The molecule has 0 radical (unpaired) electrons. The lowest BCUT2D eigenvalue weighted by Gasteiger charge is -2.16. The first-order chi connectivity index (χ1) is 9.13. The van der Waals surface area contributed by atoms with E-state index in [1.807, 2.05) is 30.5 Å². The number of amides is 1. The van der Waals surface area contributed by atoms with Crippen LogP contribution >= 0.6 is 38.9 Å². The number of nitrogens with one attached hydrogen (secondary N) is 1. The normalized spacial score (nSPS) is 12.2. The molecule has 1 aromatic carbocycles. The summed E-state index contributed by atoms with van der Waals surface area (Å²) in [5.74, 6) is -0.147. The van der Waals surface area contributed by atoms with Crippen LogP contribution in [-0.2, 0) is 0 Å². The number of hydrogen-bond acceptors (Lipinski definition) is 2. The molecule has 0 fully saturated rings. The summed E-state index contributed by atoms with van der Waals surface area (Å²) < 4.78 is 0.728. The summed E-state index contributed by atoms with van der Waals surface area (Å²) in [6.07, 6.45) is 0.845. The second kappa shape index (κ2) is 6.55. The van der Waals surface area contributed by atoms with Gasteiger partial charge in [-0.2, -0.15) is 0 Å². The van der Waals surface area contributed by atoms with Crippen molar-refractivity contribution in [3.8, 4) is 0 Å². The lowest BCUT2D eigenvalue weighted by molar-refractivity contribution is 0.0936. The monoisotopic (exact) mass is 357 g/mol. The Morgan fingerprint density at radius 1 is 1.42 bits per heavy atom. The molecule has 1 heterocycles. The van der Waals surface area contributed by atoms with E-state index >= 15 is 0 Å². The average molecular weight is 359 g/mol. The Labute approximate surface area is 129 Å². The van der Waals surface area contributed by atoms with Gasteiger partial charge in [0.25, 0.3) is 5.91 Å². The van der Waals surface area contributed by atoms with Crippen LogP contribution in [0.1, 0.15) is 34.6 Å². The maximum Gasteiger partial charge on any atom is 0.253 e. The summed E-state index contributed by atoms with van der Waals surface area (Å²) in [5, 5.41) is 5.48. The summed E-state index contributed by atoms with van der Waals surface area (Å²) in [7, 11) is 0. The van der Waals surface area contributed by atoms with Crippen molar-refractivity contribution in [2.75, 3.05) is 0 Å². The fraction of sp³-hybridized carbons (Fsp3) is 0.214. The standard InChI is InChI=1S/C14H13BrClNOS/c1-2-11(12-7-4-8-19-12)17-14(18)9-5-3-6-10(15)13(9)16/h3-8,11H,2H2,1H3,(H,17,18). The predicted molar refractivity (Wildman–Crippen MR) is 84.0 cm³/mol. The molecule has 2 aromatic rings. The highest BCUT2D eigenvalue weighted by atomic mass is 79.9. The van der Waals surface area contributed by atoms with Gasteiger partial charge >= 0.3 is 0 Å². The van der Waals surface area contributed by atoms with Gasteiger partial charge in [0.15, 0.2) is 0 Å². The van der Waals surface area contributed by atoms with Crippen LogP contribution in [0, 0.1) is 0 Å². The number of carbonyl (C=O) groups is 1. The first kappa shape index (κ1) is 14.6. The smallest absolute Gasteiger partial charge is 0.253 e. The van der Waals surface area contributed by atoms with Gasteiger partial charge in [-0.3, -0.25) is 4.79 Å². The van der Waals surface area contributed by atoms with Crippen LogP contribution in [0.2, 0.25) is 5.02 Å². The van der Waals surface area contributed by atoms with Crippen LogP contribution in [-0.4, -0.2) is 5.91 Å². The summed E-state index contributed by atoms with van der Waals surface area (Å²) in [6.45, 7) is 2.05. The van der Waals surface area contributed by atoms with Crippen LogP contribution < -0.4 is 5.32 Å². The van der Waals surface area contributed by atoms with Crippen LogP contribution in [0.15, 0.2) is 40.2 Å². The highest BCUT2D eigenvalue weighted by Gasteiger charge is 2.17. The third kappa shape index (κ3) is 3.38. The SMILES string of the molecule is CCC(NC(=O)c1cccc(Br)c1Cl)c1cccs1. The molecule has 1 atom stereocenters. The van der Waals surface area contributed by atoms with Crippen molar-refractivity contribution in [2.24, 2.45) is 0 Å². The second-order valence-electron chi connectivity index (χ2n) is 4.05. The first-order valence-electron chi connectivity index (χ1n) is 5.91. The summed E-state index contributed by atoms with van der Waals surface area (Å²) in [4.78, 5) is 13.4. The van der Waals surface area contributed by atoms with Crippen molar-refractivity contribution in [3.05, 3.63) is 55.6 Å². The van der Waals surface area contributed by atoms with Gasteiger partial charge in [-0.25, -0.2) is 0 Å². The molecule has 0 aliphatic rings. The molecule has 19 heavy (non-hydrogen) atoms. The van der Waals surface area contributed by atoms with Crippen LogP contribution in [0.3, 0.4) is 0 Å². The maximum absolute atomic E-state index is 12.3. The van der Waals surface area contributed by atoms with Gasteiger partial charge in [0.1, 0.15) is 0 Å². The first-order valence-corrected chi connectivity index (χ1v) is 7.96. The lowest BCUT2D eigenvalue weighted by Crippen LogP contribution is -2.27. The van der Waals surface area contributed by atoms with Crippen molar-refractivity contribution >= 4 is 44.8 Å². The van der Waals surface area contributed by atoms with Crippen molar-refractivity contribution < 1.29 is 4.79 Å². The molecule has 0 saturated carbocycles. The quantitative estimate of drug-likeness (QED) is 0.814. The number of rotatable bonds is 4. The van der Waals surface area contributed by atoms with Gasteiger partial charge in [-0.05, 0) is 45.9 Å². The molecule has 1 unspecified atom stereocenters. The number of benzene rings is 1. The van der Waals surface area contributed by atoms with E-state index in [-0.39, 0.29) is 11.9 Å². The molecule has 0 saturated heterocycles. The molecule has 1 amide bonds. The van der Waals surface area contributed by atoms with E-state index in [0.717, 1.165) is 15.8 Å². The highest BCUT2D eigenvalue weighted by molar-refractivity contribution is 9.10. The van der Waals surface area contributed by atoms with Crippen LogP contribution in [0.5, 0.6) is 0 Å². The van der Waals surface area contributed by atoms with Gasteiger partial charge in [0, 0.05) is 9.35 Å². The molecule has 0 bridgehead atoms. The maximum atomic E-state index is 12.3. The fourth-order valence-corrected chi connectivity index (χ4v) is 3.22. The lowest BCUT2D eigenvalue weighted by atomic mass is 10.1. The molecule has 0 aliphatic carbocycles. The Morgan fingerprint density at radius 3 is 2.84 bits per heavy atom. The van der Waals surface area contributed by atoms with E-state index in [9.17, 15) is 4.79 Å². The Kier molecular flexibility index (Phi) is 5.02. The topological polar surface area (TPSA) is 29.1 Å². The van der Waals surface area contributed by atoms with E-state index in [1.165, 1.54) is 0 Å². The molecule has 100 valence electrons. The average Bonchev–Trinajstić information content (AvgIpc) is 2.92. The van der Waals surface area contributed by atoms with Crippen molar-refractivity contribution in [1.82, 2.24) is 5.32 Å². The zero-order chi connectivity index (χ0) is 13.8. The molecule has 0 spiro atoms. The minimum Gasteiger partial charge on any atom is -0.344 e. The van der Waals surface area contributed by atoms with Crippen molar-refractivity contribution in [3.63, 3.8) is 0 Å². The molecular weight excluding hydrogens is 346 g/mol. The number of thiophene rings is 1. The Bertz CT molecular complexity index is 571. The number of hydrogen-bond donors (Lipinski definition) is 1. The van der Waals surface area contributed by atoms with Gasteiger partial charge in [-0.15, -0.1) is 11.3 Å². The molecule has 1 aromatic heterocycles. The molecule has 2 nitrogen and oxygen atoms in total. The van der Waals surface area contributed by atoms with Crippen LogP contribution in [0.4, 0.5) is 0 Å². The third-order valence-corrected chi connectivity index (χ3v) is 5.08. The van der Waals surface area contributed by atoms with Gasteiger partial charge < -0.3 is 5.32 Å². The number of carbonyl (C=O) groups excluding carboxylic acids is 1. The van der Waals surface area contributed by atoms with E-state index < -0.39 is 0 Å². The minimum atomic E-state index is -0.147. The van der Waals surface area contributed by atoms with E-state index in [1.54, 1.807) is 23.5 Å². The zero-order valence-electron chi connectivity index (χ0n) is 10.3. The van der Waals surface area contributed by atoms with E-state index in [4.69, 9.17) is 11.6 Å². The van der Waals surface area contributed by atoms with E-state index in [2.05, 4.69) is 21.2 Å². The minimum absolute atomic E-state index is 0.0301. The van der Waals surface area contributed by atoms with Gasteiger partial charge in [0.2, 0.25) is 0 Å². The second-order valence-corrected chi connectivity index (χ2v) is 6.26. The zero-order valence-corrected chi connectivity index (χ0v) is 13.5. The Hall–Kier alpha value is -0.840. The predicted octanol–water partition coefficient (Wildman–Crippen LogP) is 5.05. The van der Waals surface area contributed by atoms with Crippen LogP contribution in [0.25, 0.3) is 0 Å². The number of halogens is 2. The largest absolute Gasteiger partial charge is 0.344 e. The summed E-state index contributed by atoms with van der Waals surface area (Å²) in [6, 6.07) is 9.39. The third-order valence-electron chi connectivity index (χ3n) is 2.80. The summed E-state index contributed by atoms with van der Waals surface area (Å²) >= 11 is 11.1.